The number of hydrazone groups is 1. The van der Waals surface area contributed by atoms with Crippen LogP contribution in [-0.4, -0.2) is 58.0 Å². The van der Waals surface area contributed by atoms with Gasteiger partial charge < -0.3 is 15.2 Å². The Kier molecular flexibility index (Phi) is 10.2. The predicted molar refractivity (Wildman–Crippen MR) is 136 cm³/mol. The van der Waals surface area contributed by atoms with Crippen LogP contribution in [-0.2, 0) is 20.9 Å². The number of nitrogens with one attached hydrogen (secondary N) is 2. The van der Waals surface area contributed by atoms with Crippen LogP contribution >= 0.6 is 27.5 Å². The van der Waals surface area contributed by atoms with Gasteiger partial charge in [0.15, 0.2) is 0 Å². The molecule has 190 valence electrons. The summed E-state index contributed by atoms with van der Waals surface area (Å²) in [5.74, 6) is -0.613. The second-order valence-corrected chi connectivity index (χ2v) is 9.69. The summed E-state index contributed by atoms with van der Waals surface area (Å²) >= 11 is 9.50. The van der Waals surface area contributed by atoms with E-state index in [-0.39, 0.29) is 42.9 Å². The van der Waals surface area contributed by atoms with Gasteiger partial charge in [0.05, 0.1) is 47.7 Å². The molecule has 2 atom stereocenters. The van der Waals surface area contributed by atoms with Crippen LogP contribution in [0.25, 0.3) is 10.9 Å². The molecule has 0 bridgehead atoms. The van der Waals surface area contributed by atoms with Gasteiger partial charge in [-0.05, 0) is 60.3 Å². The monoisotopic (exact) mass is 569 g/mol. The molecule has 0 radical (unpaired) electrons. The SMILES string of the molecule is COC(=O)CCCCC(=O)N/N=C(/CC1NCCCC1O)Cn1cnc2cc(Br)c(Cl)cc2c1=O. The minimum Gasteiger partial charge on any atom is -0.469 e. The highest BCUT2D eigenvalue weighted by Crippen LogP contribution is 2.25. The maximum Gasteiger partial charge on any atom is 0.305 e. The number of rotatable bonds is 10. The molecule has 1 amide bonds. The normalized spacial score (nSPS) is 18.5. The third-order valence-corrected chi connectivity index (χ3v) is 7.02. The standard InChI is InChI=1S/C23H29BrClN5O5/c1-35-22(33)7-3-2-6-21(32)29-28-14(9-19-20(31)5-4-8-26-19)12-30-13-27-18-11-16(24)17(25)10-15(18)23(30)34/h10-11,13,19-20,26,31H,2-9,12H2,1H3,(H,29,32)/b28-14-. The number of amides is 1. The molecule has 1 fully saturated rings. The van der Waals surface area contributed by atoms with Crippen molar-refractivity contribution in [3.8, 4) is 0 Å². The fraction of sp³-hybridized carbons (Fsp3) is 0.522. The van der Waals surface area contributed by atoms with Gasteiger partial charge in [0, 0.05) is 29.8 Å². The number of carbonyl (C=O) groups excluding carboxylic acids is 2. The number of fused-ring (bicyclic) bond motifs is 1. The van der Waals surface area contributed by atoms with E-state index in [9.17, 15) is 19.5 Å². The molecular formula is C23H29BrClN5O5. The molecule has 1 aromatic heterocycles. The number of aromatic nitrogens is 2. The Bertz CT molecular complexity index is 1160. The van der Waals surface area contributed by atoms with E-state index >= 15 is 0 Å². The Morgan fingerprint density at radius 1 is 1.37 bits per heavy atom. The van der Waals surface area contributed by atoms with Gasteiger partial charge in [-0.2, -0.15) is 5.10 Å². The molecule has 1 saturated heterocycles. The average molecular weight is 571 g/mol. The van der Waals surface area contributed by atoms with Crippen LogP contribution in [0.4, 0.5) is 0 Å². The number of halogens is 2. The third-order valence-electron chi connectivity index (χ3n) is 5.82. The average Bonchev–Trinajstić information content (AvgIpc) is 2.84. The number of piperidine rings is 1. The summed E-state index contributed by atoms with van der Waals surface area (Å²) in [6.07, 6.45) is 4.26. The molecule has 3 N–H and O–H groups in total. The van der Waals surface area contributed by atoms with Crippen molar-refractivity contribution in [2.75, 3.05) is 13.7 Å². The van der Waals surface area contributed by atoms with Crippen molar-refractivity contribution in [2.24, 2.45) is 5.10 Å². The zero-order valence-corrected chi connectivity index (χ0v) is 21.8. The van der Waals surface area contributed by atoms with Crippen molar-refractivity contribution in [3.63, 3.8) is 0 Å². The number of hydrogen-bond donors (Lipinski definition) is 3. The summed E-state index contributed by atoms with van der Waals surface area (Å²) in [5.41, 5.74) is 3.27. The topological polar surface area (TPSA) is 135 Å². The van der Waals surface area contributed by atoms with Gasteiger partial charge in [-0.3, -0.25) is 19.0 Å². The highest BCUT2D eigenvalue weighted by atomic mass is 79.9. The predicted octanol–water partition coefficient (Wildman–Crippen LogP) is 2.52. The number of aliphatic hydroxyl groups excluding tert-OH is 1. The zero-order valence-electron chi connectivity index (χ0n) is 19.4. The molecule has 0 saturated carbocycles. The number of methoxy groups -OCH3 is 1. The lowest BCUT2D eigenvalue weighted by Gasteiger charge is -2.29. The van der Waals surface area contributed by atoms with E-state index in [2.05, 4.69) is 41.5 Å². The molecule has 10 nitrogen and oxygen atoms in total. The quantitative estimate of drug-likeness (QED) is 0.173. The van der Waals surface area contributed by atoms with Crippen LogP contribution in [0.15, 0.2) is 32.8 Å². The van der Waals surface area contributed by atoms with E-state index in [4.69, 9.17) is 11.6 Å². The van der Waals surface area contributed by atoms with E-state index < -0.39 is 6.10 Å². The molecule has 1 aliphatic rings. The molecule has 2 aromatic rings. The molecule has 2 heterocycles. The Morgan fingerprint density at radius 2 is 2.14 bits per heavy atom. The number of unbranched alkanes of at least 4 members (excludes halogenated alkanes) is 1. The summed E-state index contributed by atoms with van der Waals surface area (Å²) in [5, 5.41) is 18.7. The van der Waals surface area contributed by atoms with Gasteiger partial charge in [0.1, 0.15) is 0 Å². The number of aliphatic hydroxyl groups is 1. The lowest BCUT2D eigenvalue weighted by atomic mass is 9.96. The molecule has 12 heteroatoms. The maximum atomic E-state index is 13.1. The molecule has 0 spiro atoms. The molecular weight excluding hydrogens is 542 g/mol. The minimum atomic E-state index is -0.550. The molecule has 35 heavy (non-hydrogen) atoms. The highest BCUT2D eigenvalue weighted by Gasteiger charge is 2.24. The number of esters is 1. The first-order valence-corrected chi connectivity index (χ1v) is 12.6. The first-order chi connectivity index (χ1) is 16.8. The Morgan fingerprint density at radius 3 is 2.89 bits per heavy atom. The summed E-state index contributed by atoms with van der Waals surface area (Å²) in [6, 6.07) is 3.00. The molecule has 3 rings (SSSR count). The third kappa shape index (κ3) is 7.83. The van der Waals surface area contributed by atoms with Gasteiger partial charge in [0.25, 0.3) is 5.56 Å². The number of hydrogen-bond acceptors (Lipinski definition) is 8. The van der Waals surface area contributed by atoms with Crippen molar-refractivity contribution < 1.29 is 19.4 Å². The summed E-state index contributed by atoms with van der Waals surface area (Å²) in [7, 11) is 1.33. The molecule has 0 aliphatic carbocycles. The van der Waals surface area contributed by atoms with E-state index in [1.165, 1.54) is 18.0 Å². The fourth-order valence-corrected chi connectivity index (χ4v) is 4.36. The van der Waals surface area contributed by atoms with Gasteiger partial charge in [-0.15, -0.1) is 0 Å². The Labute approximate surface area is 216 Å². The van der Waals surface area contributed by atoms with Crippen molar-refractivity contribution in [1.82, 2.24) is 20.3 Å². The van der Waals surface area contributed by atoms with Gasteiger partial charge in [-0.1, -0.05) is 11.6 Å². The first kappa shape index (κ1) is 27.3. The van der Waals surface area contributed by atoms with E-state index in [0.717, 1.165) is 13.0 Å². The summed E-state index contributed by atoms with van der Waals surface area (Å²) in [6.45, 7) is 0.857. The van der Waals surface area contributed by atoms with E-state index in [1.54, 1.807) is 12.1 Å². The van der Waals surface area contributed by atoms with Crippen LogP contribution < -0.4 is 16.3 Å². The van der Waals surface area contributed by atoms with Crippen LogP contribution in [0, 0.1) is 0 Å². The maximum absolute atomic E-state index is 13.1. The van der Waals surface area contributed by atoms with Crippen LogP contribution in [0.3, 0.4) is 0 Å². The van der Waals surface area contributed by atoms with Crippen LogP contribution in [0.2, 0.25) is 5.02 Å². The molecule has 1 aliphatic heterocycles. The zero-order chi connectivity index (χ0) is 25.4. The largest absolute Gasteiger partial charge is 0.469 e. The number of benzene rings is 1. The summed E-state index contributed by atoms with van der Waals surface area (Å²) < 4.78 is 6.64. The van der Waals surface area contributed by atoms with E-state index in [1.807, 2.05) is 0 Å². The molecule has 2 unspecified atom stereocenters. The minimum absolute atomic E-state index is 0.0863. The van der Waals surface area contributed by atoms with Crippen molar-refractivity contribution in [2.45, 2.75) is 63.6 Å². The Balaban J connectivity index is 1.75. The first-order valence-electron chi connectivity index (χ1n) is 11.4. The van der Waals surface area contributed by atoms with Gasteiger partial charge in [0.2, 0.25) is 5.91 Å². The number of ether oxygens (including phenoxy) is 1. The van der Waals surface area contributed by atoms with Crippen LogP contribution in [0.5, 0.6) is 0 Å². The van der Waals surface area contributed by atoms with Gasteiger partial charge in [-0.25, -0.2) is 10.4 Å². The number of nitrogens with zero attached hydrogens (tertiary/aromatic N) is 3. The fourth-order valence-electron chi connectivity index (χ4n) is 3.86. The van der Waals surface area contributed by atoms with Crippen molar-refractivity contribution in [3.05, 3.63) is 38.3 Å². The second-order valence-electron chi connectivity index (χ2n) is 8.43. The van der Waals surface area contributed by atoms with E-state index in [0.29, 0.717) is 51.8 Å². The lowest BCUT2D eigenvalue weighted by molar-refractivity contribution is -0.140. The van der Waals surface area contributed by atoms with Crippen LogP contribution in [0.1, 0.15) is 44.9 Å². The van der Waals surface area contributed by atoms with Crippen molar-refractivity contribution in [1.29, 1.82) is 0 Å². The summed E-state index contributed by atoms with van der Waals surface area (Å²) in [4.78, 5) is 40.9. The van der Waals surface area contributed by atoms with Gasteiger partial charge >= 0.3 is 5.97 Å². The number of carbonyl (C=O) groups is 2. The lowest BCUT2D eigenvalue weighted by Crippen LogP contribution is -2.46. The highest BCUT2D eigenvalue weighted by molar-refractivity contribution is 9.10. The van der Waals surface area contributed by atoms with Crippen molar-refractivity contribution >= 4 is 56.0 Å². The second kappa shape index (κ2) is 13.1. The molecule has 1 aromatic carbocycles. The Hall–Kier alpha value is -2.34. The smallest absolute Gasteiger partial charge is 0.305 e.